The Bertz CT molecular complexity index is 1040. The normalized spacial score (nSPS) is 15.7. The molecule has 2 aromatic rings. The van der Waals surface area contributed by atoms with Crippen LogP contribution in [-0.4, -0.2) is 24.5 Å². The van der Waals surface area contributed by atoms with Crippen LogP contribution in [0.3, 0.4) is 0 Å². The topological polar surface area (TPSA) is 75.7 Å². The van der Waals surface area contributed by atoms with Crippen LogP contribution in [0.5, 0.6) is 5.75 Å². The van der Waals surface area contributed by atoms with E-state index in [4.69, 9.17) is 16.3 Å². The van der Waals surface area contributed by atoms with Crippen LogP contribution in [0.2, 0.25) is 5.02 Å². The average molecular weight is 478 g/mol. The van der Waals surface area contributed by atoms with E-state index >= 15 is 0 Å². The van der Waals surface area contributed by atoms with Crippen molar-refractivity contribution >= 4 is 57.1 Å². The number of hydrogen-bond donors (Lipinski definition) is 1. The summed E-state index contributed by atoms with van der Waals surface area (Å²) in [6.07, 6.45) is 2.23. The number of urea groups is 1. The highest BCUT2D eigenvalue weighted by Crippen LogP contribution is 2.31. The van der Waals surface area contributed by atoms with Crippen molar-refractivity contribution in [3.8, 4) is 5.75 Å². The lowest BCUT2D eigenvalue weighted by atomic mass is 10.0. The van der Waals surface area contributed by atoms with Gasteiger partial charge in [0.15, 0.2) is 0 Å². The predicted molar refractivity (Wildman–Crippen MR) is 115 cm³/mol. The smallest absolute Gasteiger partial charge is 0.335 e. The number of hydrogen-bond acceptors (Lipinski definition) is 4. The van der Waals surface area contributed by atoms with Crippen LogP contribution in [-0.2, 0) is 9.59 Å². The molecule has 1 aliphatic rings. The van der Waals surface area contributed by atoms with Gasteiger partial charge in [0.1, 0.15) is 11.3 Å². The minimum Gasteiger partial charge on any atom is -0.493 e. The molecule has 0 spiro atoms. The number of barbiturate groups is 1. The Labute approximate surface area is 181 Å². The van der Waals surface area contributed by atoms with E-state index in [1.165, 1.54) is 6.08 Å². The van der Waals surface area contributed by atoms with Gasteiger partial charge in [-0.2, -0.15) is 0 Å². The Morgan fingerprint density at radius 2 is 1.97 bits per heavy atom. The van der Waals surface area contributed by atoms with Gasteiger partial charge in [0, 0.05) is 15.1 Å². The monoisotopic (exact) mass is 476 g/mol. The quantitative estimate of drug-likeness (QED) is 0.493. The summed E-state index contributed by atoms with van der Waals surface area (Å²) in [5.41, 5.74) is 1.24. The minimum absolute atomic E-state index is 0.177. The molecular formula is C21H18BrClN2O4. The number of nitrogens with zero attached hydrogens (tertiary/aromatic N) is 1. The number of anilines is 1. The van der Waals surface area contributed by atoms with E-state index in [0.717, 1.165) is 15.8 Å². The number of amides is 4. The summed E-state index contributed by atoms with van der Waals surface area (Å²) in [7, 11) is 0. The zero-order chi connectivity index (χ0) is 21.1. The lowest BCUT2D eigenvalue weighted by molar-refractivity contribution is -0.122. The van der Waals surface area contributed by atoms with Crippen LogP contribution in [0.15, 0.2) is 46.4 Å². The molecule has 1 aliphatic heterocycles. The summed E-state index contributed by atoms with van der Waals surface area (Å²) >= 11 is 9.52. The molecule has 2 aromatic carbocycles. The average Bonchev–Trinajstić information content (AvgIpc) is 2.67. The summed E-state index contributed by atoms with van der Waals surface area (Å²) in [5, 5.41) is 2.63. The maximum atomic E-state index is 13.1. The van der Waals surface area contributed by atoms with Crippen molar-refractivity contribution in [2.24, 2.45) is 0 Å². The van der Waals surface area contributed by atoms with Crippen molar-refractivity contribution in [2.75, 3.05) is 11.5 Å². The van der Waals surface area contributed by atoms with E-state index in [0.29, 0.717) is 34.2 Å². The van der Waals surface area contributed by atoms with Crippen LogP contribution in [0.1, 0.15) is 24.5 Å². The SMILES string of the molecule is CCCOc1ccc(Br)cc1/C=C1\C(=O)NC(=O)N(c2cccc(Cl)c2C)C1=O. The fourth-order valence-corrected chi connectivity index (χ4v) is 3.39. The molecule has 6 nitrogen and oxygen atoms in total. The molecule has 150 valence electrons. The molecule has 1 fully saturated rings. The predicted octanol–water partition coefficient (Wildman–Crippen LogP) is 4.87. The Balaban J connectivity index is 2.07. The first kappa shape index (κ1) is 21.1. The number of rotatable bonds is 5. The van der Waals surface area contributed by atoms with Crippen molar-refractivity contribution in [1.29, 1.82) is 0 Å². The largest absolute Gasteiger partial charge is 0.493 e. The molecule has 0 bridgehead atoms. The number of carbonyl (C=O) groups excluding carboxylic acids is 3. The molecule has 1 saturated heterocycles. The summed E-state index contributed by atoms with van der Waals surface area (Å²) < 4.78 is 6.47. The molecule has 0 radical (unpaired) electrons. The molecule has 3 rings (SSSR count). The van der Waals surface area contributed by atoms with E-state index in [2.05, 4.69) is 21.2 Å². The van der Waals surface area contributed by atoms with Gasteiger partial charge < -0.3 is 4.74 Å². The molecule has 4 amide bonds. The summed E-state index contributed by atoms with van der Waals surface area (Å²) in [4.78, 5) is 38.9. The molecule has 1 N–H and O–H groups in total. The number of benzene rings is 2. The fraction of sp³-hybridized carbons (Fsp3) is 0.190. The van der Waals surface area contributed by atoms with E-state index in [-0.39, 0.29) is 5.57 Å². The third kappa shape index (κ3) is 4.36. The Morgan fingerprint density at radius 3 is 2.69 bits per heavy atom. The second-order valence-corrected chi connectivity index (χ2v) is 7.70. The molecule has 1 heterocycles. The second-order valence-electron chi connectivity index (χ2n) is 6.37. The van der Waals surface area contributed by atoms with Gasteiger partial charge in [-0.3, -0.25) is 14.9 Å². The second kappa shape index (κ2) is 8.80. The van der Waals surface area contributed by atoms with E-state index in [9.17, 15) is 14.4 Å². The van der Waals surface area contributed by atoms with Gasteiger partial charge in [0.25, 0.3) is 11.8 Å². The molecule has 29 heavy (non-hydrogen) atoms. The molecular weight excluding hydrogens is 460 g/mol. The van der Waals surface area contributed by atoms with Crippen LogP contribution in [0.4, 0.5) is 10.5 Å². The van der Waals surface area contributed by atoms with Gasteiger partial charge in [-0.1, -0.05) is 40.5 Å². The van der Waals surface area contributed by atoms with Crippen molar-refractivity contribution < 1.29 is 19.1 Å². The number of nitrogens with one attached hydrogen (secondary N) is 1. The fourth-order valence-electron chi connectivity index (χ4n) is 2.85. The highest BCUT2D eigenvalue weighted by atomic mass is 79.9. The van der Waals surface area contributed by atoms with Gasteiger partial charge in [0.05, 0.1) is 12.3 Å². The van der Waals surface area contributed by atoms with Gasteiger partial charge in [0.2, 0.25) is 0 Å². The minimum atomic E-state index is -0.820. The van der Waals surface area contributed by atoms with E-state index < -0.39 is 17.8 Å². The molecule has 0 saturated carbocycles. The molecule has 8 heteroatoms. The van der Waals surface area contributed by atoms with Crippen molar-refractivity contribution in [3.05, 3.63) is 62.6 Å². The zero-order valence-electron chi connectivity index (χ0n) is 15.8. The Morgan fingerprint density at radius 1 is 1.21 bits per heavy atom. The van der Waals surface area contributed by atoms with Crippen LogP contribution < -0.4 is 15.0 Å². The molecule has 0 unspecified atom stereocenters. The first-order valence-electron chi connectivity index (χ1n) is 8.92. The zero-order valence-corrected chi connectivity index (χ0v) is 18.1. The van der Waals surface area contributed by atoms with Crippen LogP contribution in [0, 0.1) is 6.92 Å². The summed E-state index contributed by atoms with van der Waals surface area (Å²) in [6.45, 7) is 4.17. The van der Waals surface area contributed by atoms with Gasteiger partial charge in [-0.25, -0.2) is 9.69 Å². The van der Waals surface area contributed by atoms with E-state index in [1.54, 1.807) is 43.3 Å². The van der Waals surface area contributed by atoms with Crippen molar-refractivity contribution in [1.82, 2.24) is 5.32 Å². The van der Waals surface area contributed by atoms with Crippen LogP contribution >= 0.6 is 27.5 Å². The first-order valence-corrected chi connectivity index (χ1v) is 10.1. The standard InChI is InChI=1S/C21H18BrClN2O4/c1-3-9-29-18-8-7-14(22)10-13(18)11-15-19(26)24-21(28)25(20(15)27)17-6-4-5-16(23)12(17)2/h4-8,10-11H,3,9H2,1-2H3,(H,24,26,28)/b15-11+. The third-order valence-corrected chi connectivity index (χ3v) is 5.22. The number of imide groups is 2. The maximum absolute atomic E-state index is 13.1. The Hall–Kier alpha value is -2.64. The summed E-state index contributed by atoms with van der Waals surface area (Å²) in [5.74, 6) is -0.964. The van der Waals surface area contributed by atoms with Gasteiger partial charge in [-0.05, 0) is 55.3 Å². The number of ether oxygens (including phenoxy) is 1. The first-order chi connectivity index (χ1) is 13.8. The Kier molecular flexibility index (Phi) is 6.39. The highest BCUT2D eigenvalue weighted by Gasteiger charge is 2.37. The number of halogens is 2. The maximum Gasteiger partial charge on any atom is 0.335 e. The van der Waals surface area contributed by atoms with Crippen LogP contribution in [0.25, 0.3) is 6.08 Å². The lowest BCUT2D eigenvalue weighted by Gasteiger charge is -2.27. The number of carbonyl (C=O) groups is 3. The van der Waals surface area contributed by atoms with E-state index in [1.807, 2.05) is 6.92 Å². The lowest BCUT2D eigenvalue weighted by Crippen LogP contribution is -2.54. The van der Waals surface area contributed by atoms with Crippen molar-refractivity contribution in [3.63, 3.8) is 0 Å². The van der Waals surface area contributed by atoms with Crippen molar-refractivity contribution in [2.45, 2.75) is 20.3 Å². The molecule has 0 aliphatic carbocycles. The molecule has 0 aromatic heterocycles. The molecule has 0 atom stereocenters. The third-order valence-electron chi connectivity index (χ3n) is 4.32. The highest BCUT2D eigenvalue weighted by molar-refractivity contribution is 9.10. The summed E-state index contributed by atoms with van der Waals surface area (Å²) in [6, 6.07) is 9.37. The van der Waals surface area contributed by atoms with Gasteiger partial charge >= 0.3 is 6.03 Å². The van der Waals surface area contributed by atoms with Gasteiger partial charge in [-0.15, -0.1) is 0 Å².